The molecule has 0 aliphatic heterocycles. The first-order valence-electron chi connectivity index (χ1n) is 8.23. The normalized spacial score (nSPS) is 12.4. The number of aromatic nitrogens is 2. The van der Waals surface area contributed by atoms with Gasteiger partial charge >= 0.3 is 0 Å². The first-order chi connectivity index (χ1) is 12.6. The van der Waals surface area contributed by atoms with E-state index in [1.165, 1.54) is 7.11 Å². The largest absolute Gasteiger partial charge is 0.497 e. The van der Waals surface area contributed by atoms with Gasteiger partial charge < -0.3 is 9.47 Å². The highest BCUT2D eigenvalue weighted by Gasteiger charge is 2.34. The van der Waals surface area contributed by atoms with Crippen molar-refractivity contribution in [3.63, 3.8) is 0 Å². The topological polar surface area (TPSA) is 69.9 Å². The zero-order chi connectivity index (χ0) is 20.0. The van der Waals surface area contributed by atoms with Crippen molar-refractivity contribution in [1.82, 2.24) is 9.38 Å². The highest BCUT2D eigenvalue weighted by atomic mass is 35.5. The van der Waals surface area contributed by atoms with E-state index in [0.717, 1.165) is 5.56 Å². The molecule has 144 valence electrons. The second-order valence-electron chi connectivity index (χ2n) is 7.07. The van der Waals surface area contributed by atoms with Gasteiger partial charge in [-0.3, -0.25) is 4.40 Å². The minimum atomic E-state index is -3.63. The fraction of sp³-hybridized carbons (Fsp3) is 0.316. The predicted molar refractivity (Wildman–Crippen MR) is 106 cm³/mol. The summed E-state index contributed by atoms with van der Waals surface area (Å²) in [5.74, 6) is 0.863. The molecule has 6 nitrogen and oxygen atoms in total. The Bertz CT molecular complexity index is 1110. The van der Waals surface area contributed by atoms with Gasteiger partial charge in [0.15, 0.2) is 9.84 Å². The number of benzene rings is 1. The molecule has 27 heavy (non-hydrogen) atoms. The molecule has 0 amide bonds. The Balaban J connectivity index is 2.31. The number of hydrogen-bond acceptors (Lipinski definition) is 5. The van der Waals surface area contributed by atoms with Gasteiger partial charge in [0, 0.05) is 22.8 Å². The summed E-state index contributed by atoms with van der Waals surface area (Å²) in [6.07, 6.45) is 3.21. The van der Waals surface area contributed by atoms with Crippen LogP contribution < -0.4 is 9.47 Å². The summed E-state index contributed by atoms with van der Waals surface area (Å²) in [6, 6.07) is 6.91. The van der Waals surface area contributed by atoms with Crippen LogP contribution in [0.4, 0.5) is 0 Å². The average molecular weight is 409 g/mol. The van der Waals surface area contributed by atoms with Crippen LogP contribution in [0.2, 0.25) is 5.02 Å². The van der Waals surface area contributed by atoms with Crippen LogP contribution in [0, 0.1) is 0 Å². The molecule has 0 saturated heterocycles. The van der Waals surface area contributed by atoms with Crippen molar-refractivity contribution in [2.24, 2.45) is 0 Å². The third-order valence-corrected chi connectivity index (χ3v) is 7.01. The van der Waals surface area contributed by atoms with Crippen LogP contribution in [0.3, 0.4) is 0 Å². The summed E-state index contributed by atoms with van der Waals surface area (Å²) in [4.78, 5) is 4.49. The smallest absolute Gasteiger partial charge is 0.188 e. The Morgan fingerprint density at radius 3 is 2.37 bits per heavy atom. The average Bonchev–Trinajstić information content (AvgIpc) is 3.01. The lowest BCUT2D eigenvalue weighted by molar-refractivity contribution is 0.401. The number of methoxy groups -OCH3 is 2. The molecule has 0 aliphatic carbocycles. The maximum atomic E-state index is 13.0. The fourth-order valence-electron chi connectivity index (χ4n) is 2.72. The molecule has 3 rings (SSSR count). The Morgan fingerprint density at radius 2 is 1.78 bits per heavy atom. The van der Waals surface area contributed by atoms with Crippen molar-refractivity contribution in [2.75, 3.05) is 14.2 Å². The second kappa shape index (κ2) is 6.73. The van der Waals surface area contributed by atoms with Gasteiger partial charge in [0.1, 0.15) is 22.0 Å². The van der Waals surface area contributed by atoms with E-state index in [2.05, 4.69) is 4.98 Å². The number of rotatable bonds is 4. The zero-order valence-corrected chi connectivity index (χ0v) is 17.4. The molecule has 0 radical (unpaired) electrons. The number of pyridine rings is 1. The highest BCUT2D eigenvalue weighted by molar-refractivity contribution is 7.92. The number of sulfone groups is 1. The molecule has 0 unspecified atom stereocenters. The Hall–Kier alpha value is -2.25. The predicted octanol–water partition coefficient (Wildman–Crippen LogP) is 4.24. The lowest BCUT2D eigenvalue weighted by atomic mass is 10.1. The van der Waals surface area contributed by atoms with Crippen LogP contribution in [0.5, 0.6) is 11.5 Å². The first-order valence-corrected chi connectivity index (χ1v) is 10.1. The van der Waals surface area contributed by atoms with Crippen molar-refractivity contribution < 1.29 is 17.9 Å². The lowest BCUT2D eigenvalue weighted by Gasteiger charge is -2.21. The number of ether oxygens (including phenoxy) is 2. The van der Waals surface area contributed by atoms with Gasteiger partial charge in [0.2, 0.25) is 0 Å². The van der Waals surface area contributed by atoms with Crippen LogP contribution >= 0.6 is 11.6 Å². The first kappa shape index (κ1) is 19.5. The Kier molecular flexibility index (Phi) is 4.86. The molecule has 0 fully saturated rings. The van der Waals surface area contributed by atoms with Gasteiger partial charge in [0.05, 0.1) is 30.9 Å². The van der Waals surface area contributed by atoms with Gasteiger partial charge in [-0.1, -0.05) is 11.6 Å². The third-order valence-electron chi connectivity index (χ3n) is 4.29. The maximum Gasteiger partial charge on any atom is 0.188 e. The summed E-state index contributed by atoms with van der Waals surface area (Å²) in [5, 5.41) is 0.510. The molecule has 0 bridgehead atoms. The third kappa shape index (κ3) is 3.37. The van der Waals surface area contributed by atoms with Crippen LogP contribution in [-0.2, 0) is 9.84 Å². The number of nitrogens with zero attached hydrogens (tertiary/aromatic N) is 2. The van der Waals surface area contributed by atoms with Gasteiger partial charge in [-0.25, -0.2) is 13.4 Å². The number of imidazole rings is 1. The Labute approximate surface area is 163 Å². The van der Waals surface area contributed by atoms with Gasteiger partial charge in [-0.05, 0) is 39.0 Å². The quantitative estimate of drug-likeness (QED) is 0.645. The second-order valence-corrected chi connectivity index (χ2v) is 10.2. The standard InChI is InChI=1S/C19H21ClN2O4S/c1-19(2,3)27(23,24)17-11-22-15(10-21-18(22)9-16(17)26-5)12-6-13(20)8-14(7-12)25-4/h6-11H,1-5H3. The monoisotopic (exact) mass is 408 g/mol. The Morgan fingerprint density at radius 1 is 1.07 bits per heavy atom. The van der Waals surface area contributed by atoms with E-state index >= 15 is 0 Å². The fourth-order valence-corrected chi connectivity index (χ4v) is 4.26. The van der Waals surface area contributed by atoms with Crippen molar-refractivity contribution >= 4 is 27.1 Å². The van der Waals surface area contributed by atoms with Crippen molar-refractivity contribution in [3.05, 3.63) is 41.7 Å². The lowest BCUT2D eigenvalue weighted by Crippen LogP contribution is -2.28. The van der Waals surface area contributed by atoms with E-state index < -0.39 is 14.6 Å². The van der Waals surface area contributed by atoms with E-state index in [9.17, 15) is 8.42 Å². The van der Waals surface area contributed by atoms with Crippen molar-refractivity contribution in [2.45, 2.75) is 30.4 Å². The molecule has 8 heteroatoms. The summed E-state index contributed by atoms with van der Waals surface area (Å²) < 4.78 is 37.4. The SMILES string of the molecule is COc1cc(Cl)cc(-c2cnc3cc(OC)c(S(=O)(=O)C(C)(C)C)cn23)c1. The molecule has 1 aromatic carbocycles. The molecule has 2 aromatic heterocycles. The van der Waals surface area contributed by atoms with Crippen LogP contribution in [0.25, 0.3) is 16.9 Å². The van der Waals surface area contributed by atoms with Crippen molar-refractivity contribution in [1.29, 1.82) is 0 Å². The molecule has 0 atom stereocenters. The number of hydrogen-bond donors (Lipinski definition) is 0. The van der Waals surface area contributed by atoms with E-state index in [0.29, 0.717) is 22.1 Å². The van der Waals surface area contributed by atoms with Gasteiger partial charge in [-0.2, -0.15) is 0 Å². The number of fused-ring (bicyclic) bond motifs is 1. The van der Waals surface area contributed by atoms with Crippen LogP contribution in [0.1, 0.15) is 20.8 Å². The molecule has 3 aromatic rings. The van der Waals surface area contributed by atoms with Gasteiger partial charge in [-0.15, -0.1) is 0 Å². The van der Waals surface area contributed by atoms with E-state index in [4.69, 9.17) is 21.1 Å². The minimum Gasteiger partial charge on any atom is -0.497 e. The summed E-state index contributed by atoms with van der Waals surface area (Å²) in [7, 11) is -0.631. The van der Waals surface area contributed by atoms with E-state index in [1.807, 2.05) is 6.07 Å². The molecule has 2 heterocycles. The van der Waals surface area contributed by atoms with E-state index in [1.54, 1.807) is 62.9 Å². The molecule has 0 N–H and O–H groups in total. The summed E-state index contributed by atoms with van der Waals surface area (Å²) in [6.45, 7) is 4.97. The van der Waals surface area contributed by atoms with Crippen molar-refractivity contribution in [3.8, 4) is 22.8 Å². The minimum absolute atomic E-state index is 0.109. The van der Waals surface area contributed by atoms with E-state index in [-0.39, 0.29) is 10.6 Å². The molecule has 0 aliphatic rings. The number of halogens is 1. The van der Waals surface area contributed by atoms with Crippen LogP contribution in [0.15, 0.2) is 41.6 Å². The maximum absolute atomic E-state index is 13.0. The zero-order valence-electron chi connectivity index (χ0n) is 15.8. The summed E-state index contributed by atoms with van der Waals surface area (Å²) >= 11 is 6.18. The molecular weight excluding hydrogens is 388 g/mol. The highest BCUT2D eigenvalue weighted by Crippen LogP contribution is 2.35. The summed E-state index contributed by atoms with van der Waals surface area (Å²) in [5.41, 5.74) is 2.02. The molecule has 0 saturated carbocycles. The molecule has 0 spiro atoms. The van der Waals surface area contributed by atoms with Crippen LogP contribution in [-0.4, -0.2) is 36.8 Å². The molecular formula is C19H21ClN2O4S. The van der Waals surface area contributed by atoms with Gasteiger partial charge in [0.25, 0.3) is 0 Å².